The van der Waals surface area contributed by atoms with Crippen LogP contribution in [0.4, 0.5) is 0 Å². The second-order valence-corrected chi connectivity index (χ2v) is 22.4. The SMILES string of the molecule is CCCCCCCCCCCCCCCCCCCCC/C=C/C(O)C(COP(=O)(O)OC1C(O)C(O)C(O)C(O)C1O)NC(=O)CC(O)CCCCCCCCCCCCCCCCCCCCC. The van der Waals surface area contributed by atoms with Gasteiger partial charge in [0.2, 0.25) is 5.91 Å². The molecule has 0 bridgehead atoms. The topological polar surface area (TPSA) is 226 Å². The molecule has 14 heteroatoms. The number of aliphatic hydroxyl groups is 7. The van der Waals surface area contributed by atoms with Crippen LogP contribution in [0.2, 0.25) is 0 Å². The number of carbonyl (C=O) groups is 1. The molecule has 0 aromatic rings. The lowest BCUT2D eigenvalue weighted by molar-refractivity contribution is -0.220. The third-order valence-corrected chi connectivity index (χ3v) is 15.4. The van der Waals surface area contributed by atoms with Crippen molar-refractivity contribution in [3.8, 4) is 0 Å². The summed E-state index contributed by atoms with van der Waals surface area (Å²) < 4.78 is 23.0. The van der Waals surface area contributed by atoms with E-state index in [9.17, 15) is 50.0 Å². The first-order chi connectivity index (χ1) is 33.8. The lowest BCUT2D eigenvalue weighted by Crippen LogP contribution is -2.64. The normalized spacial score (nSPS) is 21.8. The number of hydrogen-bond acceptors (Lipinski definition) is 11. The summed E-state index contributed by atoms with van der Waals surface area (Å²) in [6, 6.07) is -1.24. The van der Waals surface area contributed by atoms with Gasteiger partial charge in [0.05, 0.1) is 31.3 Å². The Morgan fingerprint density at radius 2 is 0.814 bits per heavy atom. The van der Waals surface area contributed by atoms with Crippen LogP contribution in [0.25, 0.3) is 0 Å². The predicted octanol–water partition coefficient (Wildman–Crippen LogP) is 12.1. The fourth-order valence-electron chi connectivity index (χ4n) is 9.66. The molecule has 0 radical (unpaired) electrons. The highest BCUT2D eigenvalue weighted by Gasteiger charge is 2.51. The molecule has 0 aromatic carbocycles. The second-order valence-electron chi connectivity index (χ2n) is 21.0. The summed E-state index contributed by atoms with van der Waals surface area (Å²) in [5.74, 6) is -0.586. The highest BCUT2D eigenvalue weighted by Crippen LogP contribution is 2.47. The molecule has 1 saturated carbocycles. The molecular weight excluding hydrogens is 910 g/mol. The smallest absolute Gasteiger partial charge is 0.393 e. The van der Waals surface area contributed by atoms with Gasteiger partial charge in [-0.05, 0) is 19.3 Å². The minimum atomic E-state index is -5.15. The zero-order chi connectivity index (χ0) is 51.5. The molecule has 0 saturated heterocycles. The third kappa shape index (κ3) is 36.1. The van der Waals surface area contributed by atoms with E-state index in [1.807, 2.05) is 0 Å². The van der Waals surface area contributed by atoms with Gasteiger partial charge in [-0.15, -0.1) is 0 Å². The molecule has 416 valence electrons. The maximum Gasteiger partial charge on any atom is 0.472 e. The third-order valence-electron chi connectivity index (χ3n) is 14.4. The number of carbonyl (C=O) groups excluding carboxylic acids is 1. The molecule has 1 amide bonds. The van der Waals surface area contributed by atoms with Gasteiger partial charge in [0.25, 0.3) is 0 Å². The summed E-state index contributed by atoms with van der Waals surface area (Å²) in [6.45, 7) is 3.80. The van der Waals surface area contributed by atoms with Gasteiger partial charge in [-0.3, -0.25) is 13.8 Å². The van der Waals surface area contributed by atoms with E-state index >= 15 is 0 Å². The largest absolute Gasteiger partial charge is 0.472 e. The van der Waals surface area contributed by atoms with Crippen LogP contribution in [-0.4, -0.2) is 108 Å². The quantitative estimate of drug-likeness (QED) is 0.0158. The minimum absolute atomic E-state index is 0.239. The predicted molar refractivity (Wildman–Crippen MR) is 284 cm³/mol. The van der Waals surface area contributed by atoms with E-state index < -0.39 is 75.2 Å². The fourth-order valence-corrected chi connectivity index (χ4v) is 10.6. The van der Waals surface area contributed by atoms with E-state index in [2.05, 4.69) is 19.2 Å². The molecule has 0 heterocycles. The summed E-state index contributed by atoms with van der Waals surface area (Å²) in [5.41, 5.74) is 0. The number of phosphoric ester groups is 1. The van der Waals surface area contributed by atoms with Crippen LogP contribution in [0, 0.1) is 0 Å². The maximum absolute atomic E-state index is 13.1. The number of rotatable bonds is 50. The minimum Gasteiger partial charge on any atom is -0.393 e. The molecule has 0 spiro atoms. The zero-order valence-electron chi connectivity index (χ0n) is 44.7. The molecule has 1 aliphatic rings. The van der Waals surface area contributed by atoms with Gasteiger partial charge in [0.1, 0.15) is 36.6 Å². The molecule has 13 nitrogen and oxygen atoms in total. The van der Waals surface area contributed by atoms with Gasteiger partial charge in [-0.2, -0.15) is 0 Å². The van der Waals surface area contributed by atoms with Crippen molar-refractivity contribution in [1.29, 1.82) is 0 Å². The highest BCUT2D eigenvalue weighted by atomic mass is 31.2. The lowest BCUT2D eigenvalue weighted by atomic mass is 9.85. The van der Waals surface area contributed by atoms with Gasteiger partial charge in [0.15, 0.2) is 0 Å². The van der Waals surface area contributed by atoms with E-state index in [-0.39, 0.29) is 6.42 Å². The van der Waals surface area contributed by atoms with Crippen LogP contribution < -0.4 is 5.32 Å². The highest BCUT2D eigenvalue weighted by molar-refractivity contribution is 7.47. The van der Waals surface area contributed by atoms with Gasteiger partial charge >= 0.3 is 7.82 Å². The van der Waals surface area contributed by atoms with Crippen LogP contribution >= 0.6 is 7.82 Å². The van der Waals surface area contributed by atoms with Crippen molar-refractivity contribution >= 4 is 13.7 Å². The zero-order valence-corrected chi connectivity index (χ0v) is 45.6. The molecule has 8 atom stereocenters. The number of unbranched alkanes of at least 4 members (excludes halogenated alkanes) is 37. The average molecular weight is 1020 g/mol. The summed E-state index contributed by atoms with van der Waals surface area (Å²) in [4.78, 5) is 23.6. The number of aliphatic hydroxyl groups excluding tert-OH is 7. The van der Waals surface area contributed by atoms with Crippen molar-refractivity contribution in [2.45, 2.75) is 332 Å². The van der Waals surface area contributed by atoms with Gasteiger partial charge in [-0.25, -0.2) is 4.57 Å². The van der Waals surface area contributed by atoms with Crippen molar-refractivity contribution in [1.82, 2.24) is 5.32 Å². The first kappa shape index (κ1) is 67.1. The Labute approximate surface area is 427 Å². The second kappa shape index (κ2) is 45.4. The average Bonchev–Trinajstić information content (AvgIpc) is 3.34. The standard InChI is InChI=1S/C56H110NO12P/c1-3-5-7-9-11-13-15-17-19-21-23-24-26-28-30-32-34-36-38-40-42-44-49(59)48(46-68-70(66,67)69-56-54(64)52(62)51(61)53(63)55(56)65)57-50(60)45-47(58)43-41-39-37-35-33-31-29-27-25-22-20-18-16-14-12-10-8-6-4-2/h42,44,47-49,51-56,58-59,61-65H,3-41,43,45-46H2,1-2H3,(H,57,60)(H,66,67)/b44-42+. The Bertz CT molecular complexity index is 1250. The fraction of sp³-hybridized carbons (Fsp3) is 0.946. The van der Waals surface area contributed by atoms with Gasteiger partial charge in [-0.1, -0.05) is 264 Å². The number of hydrogen-bond donors (Lipinski definition) is 9. The van der Waals surface area contributed by atoms with Crippen LogP contribution in [0.5, 0.6) is 0 Å². The van der Waals surface area contributed by atoms with E-state index in [0.29, 0.717) is 12.8 Å². The molecule has 1 rings (SSSR count). The maximum atomic E-state index is 13.1. The number of amides is 1. The summed E-state index contributed by atoms with van der Waals surface area (Å²) in [7, 11) is -5.15. The molecule has 0 aromatic heterocycles. The Balaban J connectivity index is 2.41. The molecule has 9 N–H and O–H groups in total. The van der Waals surface area contributed by atoms with E-state index in [1.165, 1.54) is 205 Å². The van der Waals surface area contributed by atoms with E-state index in [1.54, 1.807) is 6.08 Å². The summed E-state index contributed by atoms with van der Waals surface area (Å²) in [6.07, 6.45) is 38.6. The Morgan fingerprint density at radius 1 is 0.500 bits per heavy atom. The first-order valence-electron chi connectivity index (χ1n) is 29.2. The van der Waals surface area contributed by atoms with Gasteiger partial charge < -0.3 is 46.0 Å². The molecule has 0 aliphatic heterocycles. The lowest BCUT2D eigenvalue weighted by Gasteiger charge is -2.41. The Hall–Kier alpha value is -0.960. The summed E-state index contributed by atoms with van der Waals surface area (Å²) >= 11 is 0. The van der Waals surface area contributed by atoms with Crippen LogP contribution in [0.1, 0.15) is 277 Å². The van der Waals surface area contributed by atoms with Crippen LogP contribution in [0.3, 0.4) is 0 Å². The van der Waals surface area contributed by atoms with Crippen molar-refractivity contribution in [2.75, 3.05) is 6.61 Å². The van der Waals surface area contributed by atoms with Crippen molar-refractivity contribution < 1.29 is 59.0 Å². The Kier molecular flexibility index (Phi) is 43.5. The van der Waals surface area contributed by atoms with E-state index in [0.717, 1.165) is 44.9 Å². The van der Waals surface area contributed by atoms with Crippen LogP contribution in [0.15, 0.2) is 12.2 Å². The van der Waals surface area contributed by atoms with Crippen LogP contribution in [-0.2, 0) is 18.4 Å². The molecule has 8 unspecified atom stereocenters. The van der Waals surface area contributed by atoms with Crippen molar-refractivity contribution in [3.05, 3.63) is 12.2 Å². The molecule has 1 aliphatic carbocycles. The Morgan fingerprint density at radius 3 is 1.17 bits per heavy atom. The molecular formula is C56H110NO12P. The van der Waals surface area contributed by atoms with Gasteiger partial charge in [0, 0.05) is 0 Å². The first-order valence-corrected chi connectivity index (χ1v) is 30.7. The number of allylic oxidation sites excluding steroid dienone is 1. The monoisotopic (exact) mass is 1020 g/mol. The molecule has 70 heavy (non-hydrogen) atoms. The number of nitrogens with one attached hydrogen (secondary N) is 1. The van der Waals surface area contributed by atoms with Crippen molar-refractivity contribution in [3.63, 3.8) is 0 Å². The van der Waals surface area contributed by atoms with E-state index in [4.69, 9.17) is 9.05 Å². The number of phosphoric acid groups is 1. The van der Waals surface area contributed by atoms with Crippen molar-refractivity contribution in [2.24, 2.45) is 0 Å². The molecule has 1 fully saturated rings. The summed E-state index contributed by atoms with van der Waals surface area (Å²) in [5, 5.41) is 74.9.